The van der Waals surface area contributed by atoms with Gasteiger partial charge in [0.15, 0.2) is 5.69 Å². The molecule has 7 nitrogen and oxygen atoms in total. The zero-order valence-corrected chi connectivity index (χ0v) is 12.9. The second-order valence-electron chi connectivity index (χ2n) is 5.55. The molecular formula is C14H25N3O4. The van der Waals surface area contributed by atoms with Crippen molar-refractivity contribution in [2.75, 3.05) is 13.2 Å². The van der Waals surface area contributed by atoms with Gasteiger partial charge >= 0.3 is 5.97 Å². The summed E-state index contributed by atoms with van der Waals surface area (Å²) in [5.41, 5.74) is 0.507. The van der Waals surface area contributed by atoms with Crippen molar-refractivity contribution in [3.8, 4) is 0 Å². The number of hydrogen-bond donors (Lipinski definition) is 2. The van der Waals surface area contributed by atoms with Crippen LogP contribution < -0.4 is 0 Å². The van der Waals surface area contributed by atoms with Crippen LogP contribution in [0, 0.1) is 5.92 Å². The second kappa shape index (κ2) is 8.74. The van der Waals surface area contributed by atoms with E-state index in [0.717, 1.165) is 12.8 Å². The largest absolute Gasteiger partial charge is 0.476 e. The van der Waals surface area contributed by atoms with Gasteiger partial charge in [-0.05, 0) is 18.8 Å². The Hall–Kier alpha value is -1.47. The first-order chi connectivity index (χ1) is 9.95. The van der Waals surface area contributed by atoms with Gasteiger partial charge in [0, 0.05) is 6.61 Å². The summed E-state index contributed by atoms with van der Waals surface area (Å²) in [4.78, 5) is 11.1. The van der Waals surface area contributed by atoms with Crippen molar-refractivity contribution in [1.82, 2.24) is 15.0 Å². The smallest absolute Gasteiger partial charge is 0.358 e. The molecule has 0 bridgehead atoms. The topological polar surface area (TPSA) is 97.5 Å². The van der Waals surface area contributed by atoms with Crippen molar-refractivity contribution < 1.29 is 19.7 Å². The van der Waals surface area contributed by atoms with E-state index in [1.165, 1.54) is 4.68 Å². The van der Waals surface area contributed by atoms with Crippen LogP contribution in [0.15, 0.2) is 0 Å². The van der Waals surface area contributed by atoms with Gasteiger partial charge in [0.2, 0.25) is 0 Å². The first-order valence-corrected chi connectivity index (χ1v) is 7.37. The number of aliphatic hydroxyl groups excluding tert-OH is 1. The number of hydrogen-bond acceptors (Lipinski definition) is 5. The highest BCUT2D eigenvalue weighted by Gasteiger charge is 2.21. The fraction of sp³-hybridized carbons (Fsp3) is 0.786. The Kier molecular flexibility index (Phi) is 7.31. The number of rotatable bonds is 10. The maximum atomic E-state index is 11.1. The molecule has 120 valence electrons. The average molecular weight is 299 g/mol. The van der Waals surface area contributed by atoms with E-state index >= 15 is 0 Å². The first kappa shape index (κ1) is 17.6. The van der Waals surface area contributed by atoms with Crippen molar-refractivity contribution in [2.24, 2.45) is 5.92 Å². The molecule has 0 radical (unpaired) electrons. The number of carbonyl (C=O) groups is 1. The summed E-state index contributed by atoms with van der Waals surface area (Å²) in [7, 11) is 0. The highest BCUT2D eigenvalue weighted by molar-refractivity contribution is 5.86. The first-order valence-electron chi connectivity index (χ1n) is 7.37. The lowest BCUT2D eigenvalue weighted by Crippen LogP contribution is -2.24. The summed E-state index contributed by atoms with van der Waals surface area (Å²) in [5.74, 6) is -0.816. The molecule has 0 fully saturated rings. The SMILES string of the molecule is CCCCOCC(O)Cn1nnc(C(=O)O)c1CC(C)C. The maximum absolute atomic E-state index is 11.1. The average Bonchev–Trinajstić information content (AvgIpc) is 2.77. The molecule has 0 aliphatic rings. The molecule has 1 heterocycles. The standard InChI is InChI=1S/C14H25N3O4/c1-4-5-6-21-9-11(18)8-17-12(7-10(2)3)13(14(19)20)15-16-17/h10-11,18H,4-9H2,1-3H3,(H,19,20). The predicted molar refractivity (Wildman–Crippen MR) is 77.3 cm³/mol. The molecule has 1 atom stereocenters. The van der Waals surface area contributed by atoms with E-state index in [9.17, 15) is 9.90 Å². The van der Waals surface area contributed by atoms with Gasteiger partial charge in [0.05, 0.1) is 24.9 Å². The van der Waals surface area contributed by atoms with E-state index in [1.54, 1.807) is 0 Å². The molecule has 21 heavy (non-hydrogen) atoms. The third-order valence-electron chi connectivity index (χ3n) is 2.98. The Morgan fingerprint density at radius 3 is 2.71 bits per heavy atom. The number of aromatic nitrogens is 3. The Labute approximate surface area is 124 Å². The molecule has 0 amide bonds. The van der Waals surface area contributed by atoms with Crippen LogP contribution in [0.1, 0.15) is 49.8 Å². The van der Waals surface area contributed by atoms with E-state index in [4.69, 9.17) is 9.84 Å². The molecule has 1 unspecified atom stereocenters. The highest BCUT2D eigenvalue weighted by atomic mass is 16.5. The summed E-state index contributed by atoms with van der Waals surface area (Å²) in [6, 6.07) is 0. The maximum Gasteiger partial charge on any atom is 0.358 e. The van der Waals surface area contributed by atoms with Gasteiger partial charge < -0.3 is 14.9 Å². The third kappa shape index (κ3) is 5.81. The van der Waals surface area contributed by atoms with Crippen molar-refractivity contribution >= 4 is 5.97 Å². The Balaban J connectivity index is 2.66. The van der Waals surface area contributed by atoms with Crippen LogP contribution in [0.25, 0.3) is 0 Å². The quantitative estimate of drug-likeness (QED) is 0.633. The fourth-order valence-corrected chi connectivity index (χ4v) is 1.95. The summed E-state index contributed by atoms with van der Waals surface area (Å²) in [5, 5.41) is 26.6. The predicted octanol–water partition coefficient (Wildman–Crippen LogP) is 1.35. The van der Waals surface area contributed by atoms with Crippen LogP contribution in [0.2, 0.25) is 0 Å². The van der Waals surface area contributed by atoms with Gasteiger partial charge in [-0.15, -0.1) is 5.10 Å². The number of unbranched alkanes of at least 4 members (excludes halogenated alkanes) is 1. The molecule has 0 aliphatic carbocycles. The third-order valence-corrected chi connectivity index (χ3v) is 2.98. The number of carboxylic acid groups (broad SMARTS) is 1. The molecular weight excluding hydrogens is 274 g/mol. The minimum Gasteiger partial charge on any atom is -0.476 e. The molecule has 1 aromatic rings. The normalized spacial score (nSPS) is 12.8. The molecule has 0 aromatic carbocycles. The summed E-state index contributed by atoms with van der Waals surface area (Å²) < 4.78 is 6.82. The minimum absolute atomic E-state index is 0.0391. The number of aliphatic hydroxyl groups is 1. The van der Waals surface area contributed by atoms with E-state index in [-0.39, 0.29) is 24.8 Å². The zero-order valence-electron chi connectivity index (χ0n) is 12.9. The number of ether oxygens (including phenoxy) is 1. The number of aromatic carboxylic acids is 1. The number of carboxylic acids is 1. The van der Waals surface area contributed by atoms with Crippen molar-refractivity contribution in [1.29, 1.82) is 0 Å². The Morgan fingerprint density at radius 1 is 1.43 bits per heavy atom. The van der Waals surface area contributed by atoms with Crippen molar-refractivity contribution in [2.45, 2.75) is 52.7 Å². The molecule has 7 heteroatoms. The van der Waals surface area contributed by atoms with E-state index in [0.29, 0.717) is 18.7 Å². The molecule has 0 spiro atoms. The van der Waals surface area contributed by atoms with Crippen molar-refractivity contribution in [3.63, 3.8) is 0 Å². The summed E-state index contributed by atoms with van der Waals surface area (Å²) >= 11 is 0. The van der Waals surface area contributed by atoms with Crippen LogP contribution >= 0.6 is 0 Å². The highest BCUT2D eigenvalue weighted by Crippen LogP contribution is 2.12. The van der Waals surface area contributed by atoms with Crippen LogP contribution in [-0.4, -0.2) is 50.5 Å². The van der Waals surface area contributed by atoms with E-state index in [2.05, 4.69) is 17.2 Å². The van der Waals surface area contributed by atoms with Crippen LogP contribution in [-0.2, 0) is 17.7 Å². The lowest BCUT2D eigenvalue weighted by atomic mass is 10.1. The molecule has 0 saturated heterocycles. The Bertz CT molecular complexity index is 445. The Morgan fingerprint density at radius 2 is 2.14 bits per heavy atom. The van der Waals surface area contributed by atoms with Gasteiger partial charge in [-0.25, -0.2) is 9.48 Å². The van der Waals surface area contributed by atoms with Gasteiger partial charge in [-0.2, -0.15) is 0 Å². The van der Waals surface area contributed by atoms with Crippen LogP contribution in [0.3, 0.4) is 0 Å². The zero-order chi connectivity index (χ0) is 15.8. The summed E-state index contributed by atoms with van der Waals surface area (Å²) in [6.45, 7) is 7.07. The number of nitrogens with zero attached hydrogens (tertiary/aromatic N) is 3. The van der Waals surface area contributed by atoms with Crippen molar-refractivity contribution in [3.05, 3.63) is 11.4 Å². The molecule has 1 aromatic heterocycles. The monoisotopic (exact) mass is 299 g/mol. The van der Waals surface area contributed by atoms with E-state index < -0.39 is 12.1 Å². The molecule has 0 saturated carbocycles. The van der Waals surface area contributed by atoms with Crippen LogP contribution in [0.4, 0.5) is 0 Å². The lowest BCUT2D eigenvalue weighted by Gasteiger charge is -2.14. The van der Waals surface area contributed by atoms with E-state index in [1.807, 2.05) is 13.8 Å². The minimum atomic E-state index is -1.09. The summed E-state index contributed by atoms with van der Waals surface area (Å²) in [6.07, 6.45) is 1.83. The lowest BCUT2D eigenvalue weighted by molar-refractivity contribution is 0.0246. The van der Waals surface area contributed by atoms with Gasteiger partial charge in [-0.3, -0.25) is 0 Å². The molecule has 1 rings (SSSR count). The second-order valence-corrected chi connectivity index (χ2v) is 5.55. The van der Waals surface area contributed by atoms with Gasteiger partial charge in [-0.1, -0.05) is 32.4 Å². The van der Waals surface area contributed by atoms with Crippen LogP contribution in [0.5, 0.6) is 0 Å². The fourth-order valence-electron chi connectivity index (χ4n) is 1.95. The molecule has 0 aliphatic heterocycles. The molecule has 2 N–H and O–H groups in total. The van der Waals surface area contributed by atoms with Gasteiger partial charge in [0.25, 0.3) is 0 Å². The van der Waals surface area contributed by atoms with Gasteiger partial charge in [0.1, 0.15) is 0 Å².